The summed E-state index contributed by atoms with van der Waals surface area (Å²) in [5.41, 5.74) is 0.319. The van der Waals surface area contributed by atoms with Crippen LogP contribution in [0, 0.1) is 0 Å². The van der Waals surface area contributed by atoms with E-state index in [1.165, 1.54) is 30.5 Å². The van der Waals surface area contributed by atoms with E-state index >= 15 is 0 Å². The van der Waals surface area contributed by atoms with Crippen LogP contribution in [0.3, 0.4) is 0 Å². The van der Waals surface area contributed by atoms with Gasteiger partial charge in [0.05, 0.1) is 17.9 Å². The lowest BCUT2D eigenvalue weighted by molar-refractivity contribution is -0.141. The van der Waals surface area contributed by atoms with Crippen molar-refractivity contribution in [1.82, 2.24) is 10.3 Å². The molecule has 1 heterocycles. The van der Waals surface area contributed by atoms with Gasteiger partial charge in [-0.1, -0.05) is 0 Å². The first-order valence-electron chi connectivity index (χ1n) is 7.71. The molecule has 2 rings (SSSR count). The van der Waals surface area contributed by atoms with E-state index in [-0.39, 0.29) is 29.6 Å². The molecule has 0 saturated heterocycles. The van der Waals surface area contributed by atoms with Crippen LogP contribution >= 0.6 is 11.3 Å². The lowest BCUT2D eigenvalue weighted by atomic mass is 10.2. The number of benzene rings is 1. The first-order chi connectivity index (χ1) is 12.8. The average molecular weight is 414 g/mol. The van der Waals surface area contributed by atoms with Gasteiger partial charge < -0.3 is 20.8 Å². The molecule has 146 valence electrons. The van der Waals surface area contributed by atoms with Gasteiger partial charge in [0.2, 0.25) is 5.91 Å². The molecule has 0 aliphatic heterocycles. The van der Waals surface area contributed by atoms with Gasteiger partial charge in [0.1, 0.15) is 6.04 Å². The highest BCUT2D eigenvalue weighted by molar-refractivity contribution is 7.93. The van der Waals surface area contributed by atoms with Crippen LogP contribution in [-0.2, 0) is 19.6 Å². The number of nitrogens with zero attached hydrogens (tertiary/aromatic N) is 1. The zero-order valence-corrected chi connectivity index (χ0v) is 15.6. The number of hydrogen-bond donors (Lipinski definition) is 5. The van der Waals surface area contributed by atoms with E-state index in [9.17, 15) is 18.0 Å². The molecule has 10 nitrogen and oxygen atoms in total. The molecule has 1 atom stereocenters. The van der Waals surface area contributed by atoms with Crippen LogP contribution in [0.2, 0.25) is 0 Å². The normalized spacial score (nSPS) is 12.3. The quantitative estimate of drug-likeness (QED) is 0.371. The van der Waals surface area contributed by atoms with E-state index in [1.54, 1.807) is 5.38 Å². The van der Waals surface area contributed by atoms with Crippen LogP contribution in [0.25, 0.3) is 0 Å². The van der Waals surface area contributed by atoms with Gasteiger partial charge in [0.25, 0.3) is 10.0 Å². The topological polar surface area (TPSA) is 158 Å². The summed E-state index contributed by atoms with van der Waals surface area (Å²) in [4.78, 5) is 26.9. The fraction of sp³-hybridized carbons (Fsp3) is 0.267. The van der Waals surface area contributed by atoms with Gasteiger partial charge in [-0.15, -0.1) is 11.3 Å². The smallest absolute Gasteiger partial charge is 0.321 e. The number of carbonyl (C=O) groups is 2. The summed E-state index contributed by atoms with van der Waals surface area (Å²) in [5, 5.41) is 24.7. The molecule has 1 unspecified atom stereocenters. The van der Waals surface area contributed by atoms with Gasteiger partial charge in [-0.3, -0.25) is 14.3 Å². The Morgan fingerprint density at radius 3 is 2.48 bits per heavy atom. The molecule has 2 aromatic rings. The minimum Gasteiger partial charge on any atom is -0.480 e. The van der Waals surface area contributed by atoms with Crippen LogP contribution in [0.15, 0.2) is 40.7 Å². The number of rotatable bonds is 10. The van der Waals surface area contributed by atoms with Gasteiger partial charge in [0, 0.05) is 23.8 Å². The lowest BCUT2D eigenvalue weighted by Gasteiger charge is -2.13. The van der Waals surface area contributed by atoms with Crippen molar-refractivity contribution in [3.8, 4) is 0 Å². The first-order valence-corrected chi connectivity index (χ1v) is 10.1. The number of aromatic nitrogens is 1. The van der Waals surface area contributed by atoms with E-state index in [1.807, 2.05) is 0 Å². The fourth-order valence-corrected chi connectivity index (χ4v) is 3.84. The Morgan fingerprint density at radius 2 is 1.93 bits per heavy atom. The van der Waals surface area contributed by atoms with Crippen LogP contribution in [0.4, 0.5) is 10.8 Å². The van der Waals surface area contributed by atoms with E-state index in [2.05, 4.69) is 20.3 Å². The molecule has 27 heavy (non-hydrogen) atoms. The monoisotopic (exact) mass is 414 g/mol. The largest absolute Gasteiger partial charge is 0.480 e. The van der Waals surface area contributed by atoms with Gasteiger partial charge in [-0.05, 0) is 24.3 Å². The Balaban J connectivity index is 1.98. The highest BCUT2D eigenvalue weighted by Crippen LogP contribution is 2.19. The molecule has 0 fully saturated rings. The van der Waals surface area contributed by atoms with Gasteiger partial charge >= 0.3 is 5.97 Å². The summed E-state index contributed by atoms with van der Waals surface area (Å²) < 4.78 is 26.8. The summed E-state index contributed by atoms with van der Waals surface area (Å²) in [6.45, 7) is -0.209. The predicted molar refractivity (Wildman–Crippen MR) is 99.1 cm³/mol. The molecule has 0 aliphatic carbocycles. The number of carboxylic acids is 1. The van der Waals surface area contributed by atoms with Gasteiger partial charge in [0.15, 0.2) is 5.13 Å². The summed E-state index contributed by atoms with van der Waals surface area (Å²) >= 11 is 1.14. The van der Waals surface area contributed by atoms with Crippen molar-refractivity contribution >= 4 is 44.1 Å². The zero-order valence-electron chi connectivity index (χ0n) is 14.0. The second kappa shape index (κ2) is 9.41. The van der Waals surface area contributed by atoms with E-state index in [0.717, 1.165) is 11.3 Å². The number of hydrogen-bond acceptors (Lipinski definition) is 8. The third kappa shape index (κ3) is 6.29. The molecular weight excluding hydrogens is 396 g/mol. The Hall–Kier alpha value is -2.54. The molecule has 1 aromatic carbocycles. The molecule has 0 saturated carbocycles. The minimum absolute atomic E-state index is 0.0104. The van der Waals surface area contributed by atoms with Crippen molar-refractivity contribution in [3.05, 3.63) is 35.8 Å². The number of nitrogens with one attached hydrogen (secondary N) is 3. The molecule has 0 spiro atoms. The molecule has 1 aromatic heterocycles. The number of amides is 1. The second-order valence-electron chi connectivity index (χ2n) is 5.29. The van der Waals surface area contributed by atoms with Crippen LogP contribution in [-0.4, -0.2) is 54.7 Å². The zero-order chi connectivity index (χ0) is 19.9. The van der Waals surface area contributed by atoms with Crippen molar-refractivity contribution in [2.24, 2.45) is 0 Å². The first kappa shape index (κ1) is 20.8. The maximum atomic E-state index is 12.2. The molecule has 0 bridgehead atoms. The molecule has 0 aliphatic rings. The maximum Gasteiger partial charge on any atom is 0.321 e. The van der Waals surface area contributed by atoms with E-state index < -0.39 is 27.9 Å². The third-order valence-corrected chi connectivity index (χ3v) is 5.47. The van der Waals surface area contributed by atoms with Crippen LogP contribution in [0.1, 0.15) is 6.42 Å². The summed E-state index contributed by atoms with van der Waals surface area (Å²) in [6, 6.07) is 4.27. The summed E-state index contributed by atoms with van der Waals surface area (Å²) in [5.74, 6) is -1.78. The van der Waals surface area contributed by atoms with Crippen molar-refractivity contribution in [3.63, 3.8) is 0 Å². The molecule has 1 amide bonds. The highest BCUT2D eigenvalue weighted by Gasteiger charge is 2.21. The predicted octanol–water partition coefficient (Wildman–Crippen LogP) is 0.308. The SMILES string of the molecule is O=C(CC(NCCO)C(=O)O)Nc1ccc(S(=O)(=O)Nc2nccs2)cc1. The van der Waals surface area contributed by atoms with E-state index in [0.29, 0.717) is 5.69 Å². The summed E-state index contributed by atoms with van der Waals surface area (Å²) in [6.07, 6.45) is 1.13. The van der Waals surface area contributed by atoms with Crippen molar-refractivity contribution in [2.75, 3.05) is 23.2 Å². The average Bonchev–Trinajstić information content (AvgIpc) is 3.11. The number of carboxylic acid groups (broad SMARTS) is 1. The second-order valence-corrected chi connectivity index (χ2v) is 7.86. The number of anilines is 2. The Bertz CT molecular complexity index is 868. The van der Waals surface area contributed by atoms with Crippen LogP contribution < -0.4 is 15.4 Å². The Morgan fingerprint density at radius 1 is 1.22 bits per heavy atom. The number of carbonyl (C=O) groups excluding carboxylic acids is 1. The molecule has 0 radical (unpaired) electrons. The summed E-state index contributed by atoms with van der Waals surface area (Å²) in [7, 11) is -3.80. The lowest BCUT2D eigenvalue weighted by Crippen LogP contribution is -2.41. The Labute approximate surface area is 159 Å². The standard InChI is InChI=1S/C15H18N4O6S2/c20-7-5-16-12(14(22)23)9-13(21)18-10-1-3-11(4-2-10)27(24,25)19-15-17-6-8-26-15/h1-4,6,8,12,16,20H,5,7,9H2,(H,17,19)(H,18,21)(H,22,23). The van der Waals surface area contributed by atoms with Crippen LogP contribution in [0.5, 0.6) is 0 Å². The highest BCUT2D eigenvalue weighted by atomic mass is 32.2. The number of aliphatic hydroxyl groups is 1. The maximum absolute atomic E-state index is 12.2. The fourth-order valence-electron chi connectivity index (χ4n) is 2.05. The number of aliphatic carboxylic acids is 1. The van der Waals surface area contributed by atoms with Crippen molar-refractivity contribution in [2.45, 2.75) is 17.4 Å². The molecule has 5 N–H and O–H groups in total. The van der Waals surface area contributed by atoms with E-state index in [4.69, 9.17) is 10.2 Å². The number of aliphatic hydroxyl groups excluding tert-OH is 1. The molecule has 12 heteroatoms. The van der Waals surface area contributed by atoms with Gasteiger partial charge in [-0.25, -0.2) is 13.4 Å². The number of thiazole rings is 1. The Kier molecular flexibility index (Phi) is 7.24. The minimum atomic E-state index is -3.80. The third-order valence-electron chi connectivity index (χ3n) is 3.29. The molecular formula is C15H18N4O6S2. The number of sulfonamides is 1. The van der Waals surface area contributed by atoms with Crippen molar-refractivity contribution in [1.29, 1.82) is 0 Å². The van der Waals surface area contributed by atoms with Crippen molar-refractivity contribution < 1.29 is 28.2 Å². The van der Waals surface area contributed by atoms with Gasteiger partial charge in [-0.2, -0.15) is 0 Å².